The van der Waals surface area contributed by atoms with Gasteiger partial charge in [-0.05, 0) is 36.1 Å². The minimum atomic E-state index is -1.08. The van der Waals surface area contributed by atoms with Crippen LogP contribution in [0.2, 0.25) is 5.02 Å². The average molecular weight is 348 g/mol. The van der Waals surface area contributed by atoms with Crippen LogP contribution in [0.4, 0.5) is 0 Å². The zero-order valence-electron chi connectivity index (χ0n) is 12.6. The molecule has 0 spiro atoms. The minimum Gasteiger partial charge on any atom is -0.355 e. The molecule has 5 heteroatoms. The summed E-state index contributed by atoms with van der Waals surface area (Å²) in [6, 6.07) is 17.0. The summed E-state index contributed by atoms with van der Waals surface area (Å²) in [4.78, 5) is 13.0. The normalized spacial score (nSPS) is 20.7. The fraction of sp³-hybridized carbons (Fsp3) is 0.278. The van der Waals surface area contributed by atoms with Crippen LogP contribution < -0.4 is 5.32 Å². The summed E-state index contributed by atoms with van der Waals surface area (Å²) in [5.41, 5.74) is 1.04. The van der Waals surface area contributed by atoms with Gasteiger partial charge in [0.1, 0.15) is 0 Å². The minimum absolute atomic E-state index is 0.0138. The third kappa shape index (κ3) is 4.01. The van der Waals surface area contributed by atoms with E-state index in [1.807, 2.05) is 54.6 Å². The van der Waals surface area contributed by atoms with Gasteiger partial charge in [-0.25, -0.2) is 0 Å². The number of amides is 1. The zero-order valence-corrected chi connectivity index (χ0v) is 14.1. The van der Waals surface area contributed by atoms with Crippen LogP contribution in [0.3, 0.4) is 0 Å². The van der Waals surface area contributed by atoms with Gasteiger partial charge in [-0.1, -0.05) is 48.0 Å². The van der Waals surface area contributed by atoms with Crippen molar-refractivity contribution in [3.05, 3.63) is 65.2 Å². The van der Waals surface area contributed by atoms with E-state index in [1.165, 1.54) is 0 Å². The van der Waals surface area contributed by atoms with Crippen LogP contribution in [0, 0.1) is 5.92 Å². The monoisotopic (exact) mass is 347 g/mol. The summed E-state index contributed by atoms with van der Waals surface area (Å²) in [5, 5.41) is 3.61. The van der Waals surface area contributed by atoms with E-state index < -0.39 is 10.8 Å². The Bertz CT molecular complexity index is 720. The predicted molar refractivity (Wildman–Crippen MR) is 93.0 cm³/mol. The molecule has 1 aliphatic rings. The molecule has 23 heavy (non-hydrogen) atoms. The van der Waals surface area contributed by atoms with Gasteiger partial charge in [0.25, 0.3) is 0 Å². The number of benzene rings is 2. The van der Waals surface area contributed by atoms with Crippen molar-refractivity contribution in [3.8, 4) is 0 Å². The quantitative estimate of drug-likeness (QED) is 0.870. The largest absolute Gasteiger partial charge is 0.355 e. The number of hydrogen-bond donors (Lipinski definition) is 1. The molecule has 3 atom stereocenters. The Kier molecular flexibility index (Phi) is 5.13. The van der Waals surface area contributed by atoms with E-state index in [2.05, 4.69) is 5.32 Å². The fourth-order valence-electron chi connectivity index (χ4n) is 2.69. The molecule has 0 radical (unpaired) electrons. The first kappa shape index (κ1) is 16.2. The number of hydrogen-bond acceptors (Lipinski definition) is 2. The van der Waals surface area contributed by atoms with Crippen LogP contribution in [0.15, 0.2) is 59.5 Å². The molecule has 0 unspecified atom stereocenters. The predicted octanol–water partition coefficient (Wildman–Crippen LogP) is 3.37. The van der Waals surface area contributed by atoms with E-state index in [0.717, 1.165) is 21.9 Å². The van der Waals surface area contributed by atoms with E-state index >= 15 is 0 Å². The molecule has 0 heterocycles. The molecule has 2 aromatic rings. The number of carbonyl (C=O) groups excluding carboxylic acids is 1. The second-order valence-electron chi connectivity index (χ2n) is 5.62. The maximum Gasteiger partial charge on any atom is 0.223 e. The Balaban J connectivity index is 1.46. The van der Waals surface area contributed by atoms with Crippen molar-refractivity contribution in [2.75, 3.05) is 12.3 Å². The molecule has 0 bridgehead atoms. The van der Waals surface area contributed by atoms with Crippen molar-refractivity contribution < 1.29 is 9.00 Å². The second-order valence-corrected chi connectivity index (χ2v) is 7.60. The first-order chi connectivity index (χ1) is 11.2. The molecule has 1 N–H and O–H groups in total. The van der Waals surface area contributed by atoms with E-state index in [4.69, 9.17) is 11.6 Å². The van der Waals surface area contributed by atoms with Crippen LogP contribution in [0.1, 0.15) is 17.9 Å². The molecule has 0 aliphatic heterocycles. The third-order valence-electron chi connectivity index (χ3n) is 4.02. The van der Waals surface area contributed by atoms with E-state index in [1.54, 1.807) is 0 Å². The van der Waals surface area contributed by atoms with Crippen LogP contribution in [-0.4, -0.2) is 22.4 Å². The molecule has 0 aromatic heterocycles. The Morgan fingerprint density at radius 2 is 1.83 bits per heavy atom. The van der Waals surface area contributed by atoms with Gasteiger partial charge in [-0.15, -0.1) is 0 Å². The summed E-state index contributed by atoms with van der Waals surface area (Å²) in [6.45, 7) is 0.423. The molecule has 0 saturated heterocycles. The molecule has 120 valence electrons. The number of halogens is 1. The molecular weight excluding hydrogens is 330 g/mol. The van der Waals surface area contributed by atoms with Crippen LogP contribution in [0.5, 0.6) is 0 Å². The van der Waals surface area contributed by atoms with Gasteiger partial charge in [-0.2, -0.15) is 0 Å². The molecule has 1 fully saturated rings. The summed E-state index contributed by atoms with van der Waals surface area (Å²) in [5.74, 6) is 0.655. The van der Waals surface area contributed by atoms with Crippen molar-refractivity contribution in [2.45, 2.75) is 17.2 Å². The van der Waals surface area contributed by atoms with E-state index in [0.29, 0.717) is 12.3 Å². The van der Waals surface area contributed by atoms with Gasteiger partial charge in [0.15, 0.2) is 0 Å². The highest BCUT2D eigenvalue weighted by Gasteiger charge is 2.44. The van der Waals surface area contributed by atoms with Crippen molar-refractivity contribution in [1.29, 1.82) is 0 Å². The molecule has 3 rings (SSSR count). The fourth-order valence-corrected chi connectivity index (χ4v) is 3.95. The highest BCUT2D eigenvalue weighted by atomic mass is 35.5. The lowest BCUT2D eigenvalue weighted by atomic mass is 10.1. The van der Waals surface area contributed by atoms with Crippen molar-refractivity contribution >= 4 is 28.3 Å². The van der Waals surface area contributed by atoms with Crippen LogP contribution in [0.25, 0.3) is 0 Å². The Labute approximate surface area is 143 Å². The summed E-state index contributed by atoms with van der Waals surface area (Å²) in [7, 11) is -1.08. The van der Waals surface area contributed by atoms with Gasteiger partial charge >= 0.3 is 0 Å². The Hall–Kier alpha value is -1.65. The number of rotatable bonds is 6. The lowest BCUT2D eigenvalue weighted by Gasteiger charge is -2.06. The molecule has 3 nitrogen and oxygen atoms in total. The first-order valence-electron chi connectivity index (χ1n) is 7.62. The standard InChI is InChI=1S/C18H18ClNO2S/c19-17-9-5-4-8-14(17)15-12-16(15)18(21)20-10-11-23(22)13-6-2-1-3-7-13/h1-9,15-16H,10-12H2,(H,20,21)/t15-,16+,23-/m0/s1. The van der Waals surface area contributed by atoms with Crippen molar-refractivity contribution in [3.63, 3.8) is 0 Å². The third-order valence-corrected chi connectivity index (χ3v) is 5.74. The lowest BCUT2D eigenvalue weighted by molar-refractivity contribution is -0.122. The van der Waals surface area contributed by atoms with Gasteiger partial charge in [0.2, 0.25) is 5.91 Å². The maximum atomic E-state index is 12.2. The Morgan fingerprint density at radius 3 is 2.57 bits per heavy atom. The topological polar surface area (TPSA) is 46.2 Å². The van der Waals surface area contributed by atoms with E-state index in [9.17, 15) is 9.00 Å². The molecular formula is C18H18ClNO2S. The van der Waals surface area contributed by atoms with E-state index in [-0.39, 0.29) is 17.7 Å². The Morgan fingerprint density at radius 1 is 1.13 bits per heavy atom. The number of nitrogens with one attached hydrogen (secondary N) is 1. The van der Waals surface area contributed by atoms with Gasteiger partial charge in [0, 0.05) is 28.1 Å². The molecule has 1 aliphatic carbocycles. The van der Waals surface area contributed by atoms with Crippen molar-refractivity contribution in [1.82, 2.24) is 5.32 Å². The summed E-state index contributed by atoms with van der Waals surface area (Å²) < 4.78 is 12.1. The highest BCUT2D eigenvalue weighted by molar-refractivity contribution is 7.85. The SMILES string of the molecule is O=C(NCC[S@](=O)c1ccccc1)[C@@H]1C[C@H]1c1ccccc1Cl. The smallest absolute Gasteiger partial charge is 0.223 e. The average Bonchev–Trinajstić information content (AvgIpc) is 3.36. The second kappa shape index (κ2) is 7.28. The summed E-state index contributed by atoms with van der Waals surface area (Å²) in [6.07, 6.45) is 0.831. The molecule has 1 saturated carbocycles. The van der Waals surface area contributed by atoms with Crippen LogP contribution >= 0.6 is 11.6 Å². The molecule has 1 amide bonds. The zero-order chi connectivity index (χ0) is 16.2. The van der Waals surface area contributed by atoms with Gasteiger partial charge in [-0.3, -0.25) is 9.00 Å². The maximum absolute atomic E-state index is 12.2. The first-order valence-corrected chi connectivity index (χ1v) is 9.32. The van der Waals surface area contributed by atoms with Gasteiger partial charge in [0.05, 0.1) is 10.8 Å². The van der Waals surface area contributed by atoms with Crippen LogP contribution in [-0.2, 0) is 15.6 Å². The van der Waals surface area contributed by atoms with Crippen molar-refractivity contribution in [2.24, 2.45) is 5.92 Å². The summed E-state index contributed by atoms with van der Waals surface area (Å²) >= 11 is 6.17. The number of carbonyl (C=O) groups is 1. The lowest BCUT2D eigenvalue weighted by Crippen LogP contribution is -2.29. The highest BCUT2D eigenvalue weighted by Crippen LogP contribution is 2.49. The van der Waals surface area contributed by atoms with Gasteiger partial charge < -0.3 is 5.32 Å². The molecule has 2 aromatic carbocycles.